The fourth-order valence-corrected chi connectivity index (χ4v) is 2.16. The highest BCUT2D eigenvalue weighted by Crippen LogP contribution is 2.17. The van der Waals surface area contributed by atoms with Gasteiger partial charge < -0.3 is 15.3 Å². The first-order valence-electron chi connectivity index (χ1n) is 6.19. The molecule has 0 bridgehead atoms. The van der Waals surface area contributed by atoms with Gasteiger partial charge in [-0.05, 0) is 37.8 Å². The molecule has 1 aliphatic heterocycles. The summed E-state index contributed by atoms with van der Waals surface area (Å²) in [5, 5.41) is 11.9. The van der Waals surface area contributed by atoms with Crippen LogP contribution in [0.15, 0.2) is 0 Å². The van der Waals surface area contributed by atoms with Gasteiger partial charge >= 0.3 is 0 Å². The normalized spacial score (nSPS) is 20.7. The van der Waals surface area contributed by atoms with Crippen LogP contribution in [0, 0.1) is 11.8 Å². The lowest BCUT2D eigenvalue weighted by Gasteiger charge is -2.33. The van der Waals surface area contributed by atoms with Gasteiger partial charge in [-0.3, -0.25) is 4.79 Å². The fourth-order valence-electron chi connectivity index (χ4n) is 2.16. The first-order chi connectivity index (χ1) is 7.61. The SMILES string of the molecule is CC(=O)NCC1CCN(CC(C)CO)CC1. The molecule has 4 nitrogen and oxygen atoms in total. The minimum absolute atomic E-state index is 0.0660. The summed E-state index contributed by atoms with van der Waals surface area (Å²) in [7, 11) is 0. The van der Waals surface area contributed by atoms with Crippen molar-refractivity contribution in [3.05, 3.63) is 0 Å². The molecule has 1 amide bonds. The molecule has 2 N–H and O–H groups in total. The summed E-state index contributed by atoms with van der Waals surface area (Å²) in [6.45, 7) is 7.90. The van der Waals surface area contributed by atoms with Crippen molar-refractivity contribution in [2.45, 2.75) is 26.7 Å². The summed E-state index contributed by atoms with van der Waals surface area (Å²) in [6.07, 6.45) is 2.30. The number of likely N-dealkylation sites (tertiary alicyclic amines) is 1. The summed E-state index contributed by atoms with van der Waals surface area (Å²) < 4.78 is 0. The first-order valence-corrected chi connectivity index (χ1v) is 6.19. The smallest absolute Gasteiger partial charge is 0.216 e. The van der Waals surface area contributed by atoms with Gasteiger partial charge in [-0.1, -0.05) is 6.92 Å². The van der Waals surface area contributed by atoms with E-state index in [0.29, 0.717) is 11.8 Å². The molecule has 0 spiro atoms. The number of aliphatic hydroxyl groups is 1. The number of nitrogens with zero attached hydrogens (tertiary/aromatic N) is 1. The van der Waals surface area contributed by atoms with Crippen LogP contribution in [0.3, 0.4) is 0 Å². The lowest BCUT2D eigenvalue weighted by atomic mass is 9.96. The number of amides is 1. The fraction of sp³-hybridized carbons (Fsp3) is 0.917. The molecule has 1 aliphatic rings. The van der Waals surface area contributed by atoms with Crippen LogP contribution in [0.5, 0.6) is 0 Å². The van der Waals surface area contributed by atoms with E-state index in [0.717, 1.165) is 39.0 Å². The van der Waals surface area contributed by atoms with Gasteiger partial charge in [0.15, 0.2) is 0 Å². The Morgan fingerprint density at radius 2 is 2.12 bits per heavy atom. The molecule has 16 heavy (non-hydrogen) atoms. The van der Waals surface area contributed by atoms with E-state index in [9.17, 15) is 4.79 Å². The van der Waals surface area contributed by atoms with Gasteiger partial charge in [0.05, 0.1) is 0 Å². The molecule has 1 rings (SSSR count). The van der Waals surface area contributed by atoms with Crippen molar-refractivity contribution in [3.8, 4) is 0 Å². The van der Waals surface area contributed by atoms with E-state index in [-0.39, 0.29) is 12.5 Å². The molecule has 1 fully saturated rings. The molecule has 1 heterocycles. The highest BCUT2D eigenvalue weighted by atomic mass is 16.3. The molecule has 0 aliphatic carbocycles. The molecule has 1 atom stereocenters. The largest absolute Gasteiger partial charge is 0.396 e. The van der Waals surface area contributed by atoms with Crippen molar-refractivity contribution in [3.63, 3.8) is 0 Å². The van der Waals surface area contributed by atoms with Gasteiger partial charge in [0.25, 0.3) is 0 Å². The number of rotatable bonds is 5. The Labute approximate surface area is 98.0 Å². The first kappa shape index (κ1) is 13.5. The molecule has 94 valence electrons. The molecular formula is C12H24N2O2. The van der Waals surface area contributed by atoms with Crippen LogP contribution in [-0.2, 0) is 4.79 Å². The monoisotopic (exact) mass is 228 g/mol. The third-order valence-corrected chi connectivity index (χ3v) is 3.23. The molecule has 1 unspecified atom stereocenters. The van der Waals surface area contributed by atoms with Crippen molar-refractivity contribution < 1.29 is 9.90 Å². The third-order valence-electron chi connectivity index (χ3n) is 3.23. The highest BCUT2D eigenvalue weighted by Gasteiger charge is 2.20. The van der Waals surface area contributed by atoms with Gasteiger partial charge in [-0.2, -0.15) is 0 Å². The van der Waals surface area contributed by atoms with Gasteiger partial charge in [0.1, 0.15) is 0 Å². The number of hydrogen-bond acceptors (Lipinski definition) is 3. The van der Waals surface area contributed by atoms with Crippen LogP contribution in [0.2, 0.25) is 0 Å². The highest BCUT2D eigenvalue weighted by molar-refractivity contribution is 5.72. The molecule has 0 aromatic heterocycles. The summed E-state index contributed by atoms with van der Waals surface area (Å²) in [6, 6.07) is 0. The standard InChI is InChI=1S/C12H24N2O2/c1-10(9-15)8-14-5-3-12(4-6-14)7-13-11(2)16/h10,12,15H,3-9H2,1-2H3,(H,13,16). The van der Waals surface area contributed by atoms with Crippen LogP contribution in [-0.4, -0.2) is 48.7 Å². The van der Waals surface area contributed by atoms with Crippen LogP contribution < -0.4 is 5.32 Å². The van der Waals surface area contributed by atoms with E-state index in [1.165, 1.54) is 0 Å². The van der Waals surface area contributed by atoms with Gasteiger partial charge in [-0.25, -0.2) is 0 Å². The van der Waals surface area contributed by atoms with E-state index >= 15 is 0 Å². The second-order valence-electron chi connectivity index (χ2n) is 4.97. The van der Waals surface area contributed by atoms with Crippen molar-refractivity contribution in [2.24, 2.45) is 11.8 Å². The summed E-state index contributed by atoms with van der Waals surface area (Å²) >= 11 is 0. The summed E-state index contributed by atoms with van der Waals surface area (Å²) in [4.78, 5) is 13.2. The van der Waals surface area contributed by atoms with Crippen molar-refractivity contribution >= 4 is 5.91 Å². The maximum absolute atomic E-state index is 10.8. The Bertz CT molecular complexity index is 213. The second-order valence-corrected chi connectivity index (χ2v) is 4.97. The Balaban J connectivity index is 2.15. The minimum atomic E-state index is 0.0660. The maximum Gasteiger partial charge on any atom is 0.216 e. The molecule has 4 heteroatoms. The van der Waals surface area contributed by atoms with E-state index in [4.69, 9.17) is 5.11 Å². The van der Waals surface area contributed by atoms with E-state index < -0.39 is 0 Å². The maximum atomic E-state index is 10.8. The Hall–Kier alpha value is -0.610. The second kappa shape index (κ2) is 6.86. The Morgan fingerprint density at radius 3 is 2.62 bits per heavy atom. The summed E-state index contributed by atoms with van der Waals surface area (Å²) in [5.41, 5.74) is 0. The van der Waals surface area contributed by atoms with Crippen LogP contribution in [0.1, 0.15) is 26.7 Å². The Kier molecular flexibility index (Phi) is 5.77. The average molecular weight is 228 g/mol. The Morgan fingerprint density at radius 1 is 1.50 bits per heavy atom. The van der Waals surface area contributed by atoms with E-state index in [2.05, 4.69) is 17.1 Å². The third kappa shape index (κ3) is 4.94. The number of nitrogens with one attached hydrogen (secondary N) is 1. The quantitative estimate of drug-likeness (QED) is 0.719. The molecule has 0 aromatic rings. The molecular weight excluding hydrogens is 204 g/mol. The van der Waals surface area contributed by atoms with Gasteiger partial charge in [0.2, 0.25) is 5.91 Å². The lowest BCUT2D eigenvalue weighted by molar-refractivity contribution is -0.119. The van der Waals surface area contributed by atoms with Gasteiger partial charge in [0, 0.05) is 26.6 Å². The predicted octanol–water partition coefficient (Wildman–Crippen LogP) is 0.463. The van der Waals surface area contributed by atoms with Crippen molar-refractivity contribution in [1.29, 1.82) is 0 Å². The number of carbonyl (C=O) groups excluding carboxylic acids is 1. The number of carbonyl (C=O) groups is 1. The van der Waals surface area contributed by atoms with E-state index in [1.54, 1.807) is 6.92 Å². The minimum Gasteiger partial charge on any atom is -0.396 e. The predicted molar refractivity (Wildman–Crippen MR) is 64.1 cm³/mol. The average Bonchev–Trinajstić information content (AvgIpc) is 2.28. The number of aliphatic hydroxyl groups excluding tert-OH is 1. The number of piperidine rings is 1. The topological polar surface area (TPSA) is 52.6 Å². The zero-order valence-electron chi connectivity index (χ0n) is 10.4. The summed E-state index contributed by atoms with van der Waals surface area (Å²) in [5.74, 6) is 1.06. The lowest BCUT2D eigenvalue weighted by Crippen LogP contribution is -2.40. The van der Waals surface area contributed by atoms with Crippen LogP contribution >= 0.6 is 0 Å². The zero-order chi connectivity index (χ0) is 12.0. The zero-order valence-corrected chi connectivity index (χ0v) is 10.4. The molecule has 0 radical (unpaired) electrons. The van der Waals surface area contributed by atoms with E-state index in [1.807, 2.05) is 0 Å². The van der Waals surface area contributed by atoms with Crippen LogP contribution in [0.4, 0.5) is 0 Å². The molecule has 1 saturated heterocycles. The molecule has 0 aromatic carbocycles. The van der Waals surface area contributed by atoms with Crippen LogP contribution in [0.25, 0.3) is 0 Å². The van der Waals surface area contributed by atoms with Gasteiger partial charge in [-0.15, -0.1) is 0 Å². The van der Waals surface area contributed by atoms with Crippen molar-refractivity contribution in [2.75, 3.05) is 32.8 Å². The van der Waals surface area contributed by atoms with Crippen molar-refractivity contribution in [1.82, 2.24) is 10.2 Å². The molecule has 0 saturated carbocycles. The number of hydrogen-bond donors (Lipinski definition) is 2.